The van der Waals surface area contributed by atoms with E-state index < -0.39 is 27.4 Å². The number of fused-ring (bicyclic) bond motifs is 1. The van der Waals surface area contributed by atoms with Gasteiger partial charge in [0, 0.05) is 30.1 Å². The predicted octanol–water partition coefficient (Wildman–Crippen LogP) is 3.22. The molecule has 2 aromatic heterocycles. The first kappa shape index (κ1) is 20.6. The van der Waals surface area contributed by atoms with Gasteiger partial charge in [-0.2, -0.15) is 5.10 Å². The third kappa shape index (κ3) is 4.73. The lowest BCUT2D eigenvalue weighted by atomic mass is 9.95. The van der Waals surface area contributed by atoms with Crippen LogP contribution in [0.1, 0.15) is 29.7 Å². The normalized spacial score (nSPS) is 13.9. The number of aromatic nitrogens is 3. The summed E-state index contributed by atoms with van der Waals surface area (Å²) in [4.78, 5) is 4.40. The van der Waals surface area contributed by atoms with Crippen molar-refractivity contribution in [3.63, 3.8) is 0 Å². The van der Waals surface area contributed by atoms with Crippen molar-refractivity contribution in [2.75, 3.05) is 6.54 Å². The van der Waals surface area contributed by atoms with E-state index in [1.165, 1.54) is 5.56 Å². The molecule has 1 aliphatic carbocycles. The van der Waals surface area contributed by atoms with Crippen LogP contribution in [0.3, 0.4) is 0 Å². The third-order valence-electron chi connectivity index (χ3n) is 5.09. The Bertz CT molecular complexity index is 1130. The Hall–Kier alpha value is -2.65. The van der Waals surface area contributed by atoms with Gasteiger partial charge in [0.15, 0.2) is 0 Å². The van der Waals surface area contributed by atoms with Gasteiger partial charge in [0.05, 0.1) is 18.0 Å². The third-order valence-corrected chi connectivity index (χ3v) is 6.45. The maximum absolute atomic E-state index is 13.3. The van der Waals surface area contributed by atoms with Crippen LogP contribution in [0.15, 0.2) is 42.6 Å². The van der Waals surface area contributed by atoms with Gasteiger partial charge in [0.1, 0.15) is 17.3 Å². The summed E-state index contributed by atoms with van der Waals surface area (Å²) in [7, 11) is -3.74. The molecule has 4 rings (SSSR count). The average molecular weight is 432 g/mol. The van der Waals surface area contributed by atoms with E-state index in [1.807, 2.05) is 22.9 Å². The van der Waals surface area contributed by atoms with Crippen LogP contribution >= 0.6 is 0 Å². The van der Waals surface area contributed by atoms with Gasteiger partial charge < -0.3 is 0 Å². The van der Waals surface area contributed by atoms with Gasteiger partial charge in [-0.15, -0.1) is 0 Å². The summed E-state index contributed by atoms with van der Waals surface area (Å²) < 4.78 is 55.6. The molecule has 1 N–H and O–H groups in total. The van der Waals surface area contributed by atoms with Crippen LogP contribution in [-0.2, 0) is 35.2 Å². The van der Waals surface area contributed by atoms with Crippen LogP contribution in [0.2, 0.25) is 0 Å². The number of nitrogens with one attached hydrogen (secondary N) is 1. The second-order valence-electron chi connectivity index (χ2n) is 7.35. The highest BCUT2D eigenvalue weighted by Crippen LogP contribution is 2.30. The highest BCUT2D eigenvalue weighted by Gasteiger charge is 2.22. The van der Waals surface area contributed by atoms with E-state index in [2.05, 4.69) is 9.71 Å². The molecule has 158 valence electrons. The van der Waals surface area contributed by atoms with Crippen molar-refractivity contribution in [1.29, 1.82) is 0 Å². The van der Waals surface area contributed by atoms with Crippen molar-refractivity contribution >= 4 is 10.0 Å². The lowest BCUT2D eigenvalue weighted by Gasteiger charge is -2.14. The van der Waals surface area contributed by atoms with Gasteiger partial charge >= 0.3 is 0 Å². The largest absolute Gasteiger partial charge is 0.267 e. The van der Waals surface area contributed by atoms with Crippen molar-refractivity contribution in [3.05, 3.63) is 71.1 Å². The minimum atomic E-state index is -3.74. The Labute approximate surface area is 174 Å². The molecule has 0 saturated heterocycles. The van der Waals surface area contributed by atoms with E-state index in [0.29, 0.717) is 12.6 Å². The Kier molecular flexibility index (Phi) is 5.92. The van der Waals surface area contributed by atoms with Crippen LogP contribution in [0.25, 0.3) is 11.4 Å². The molecular formula is C21H22F2N4O2S. The lowest BCUT2D eigenvalue weighted by Crippen LogP contribution is -2.29. The number of nitrogens with zero attached hydrogens (tertiary/aromatic N) is 3. The zero-order valence-electron chi connectivity index (χ0n) is 16.3. The molecule has 0 saturated carbocycles. The number of halogens is 2. The molecule has 6 nitrogen and oxygen atoms in total. The van der Waals surface area contributed by atoms with Crippen molar-refractivity contribution in [2.45, 2.75) is 38.0 Å². The topological polar surface area (TPSA) is 76.9 Å². The van der Waals surface area contributed by atoms with Gasteiger partial charge in [0.2, 0.25) is 10.0 Å². The van der Waals surface area contributed by atoms with Crippen LogP contribution in [-0.4, -0.2) is 29.7 Å². The molecule has 0 bridgehead atoms. The molecular weight excluding hydrogens is 410 g/mol. The monoisotopic (exact) mass is 432 g/mol. The summed E-state index contributed by atoms with van der Waals surface area (Å²) in [6.07, 6.45) is 5.71. The Morgan fingerprint density at radius 3 is 2.57 bits per heavy atom. The number of hydrogen-bond acceptors (Lipinski definition) is 4. The van der Waals surface area contributed by atoms with E-state index in [0.717, 1.165) is 54.9 Å². The minimum absolute atomic E-state index is 0.0638. The molecule has 0 amide bonds. The summed E-state index contributed by atoms with van der Waals surface area (Å²) in [5.41, 5.74) is 4.02. The molecule has 1 aromatic carbocycles. The first-order valence-electron chi connectivity index (χ1n) is 9.83. The van der Waals surface area contributed by atoms with Crippen molar-refractivity contribution < 1.29 is 17.2 Å². The number of sulfonamides is 1. The standard InChI is InChI=1S/C21H22F2N4O2S/c22-16-11-15(12-17(23)13-16)14-30(28,29)25-9-10-27-20-7-2-1-5-18(20)21(26-27)19-6-3-4-8-24-19/h3-4,6,8,11-13,25H,1-2,5,7,9-10,14H2. The van der Waals surface area contributed by atoms with Crippen LogP contribution in [0.5, 0.6) is 0 Å². The molecule has 30 heavy (non-hydrogen) atoms. The molecule has 0 fully saturated rings. The Balaban J connectivity index is 1.47. The van der Waals surface area contributed by atoms with E-state index >= 15 is 0 Å². The molecule has 0 radical (unpaired) electrons. The molecule has 2 heterocycles. The number of benzene rings is 1. The fourth-order valence-corrected chi connectivity index (χ4v) is 4.95. The van der Waals surface area contributed by atoms with Crippen molar-refractivity contribution in [3.8, 4) is 11.4 Å². The highest BCUT2D eigenvalue weighted by molar-refractivity contribution is 7.88. The first-order valence-corrected chi connectivity index (χ1v) is 11.5. The van der Waals surface area contributed by atoms with Crippen LogP contribution < -0.4 is 4.72 Å². The average Bonchev–Trinajstić information content (AvgIpc) is 3.06. The molecule has 1 aliphatic rings. The molecule has 0 aliphatic heterocycles. The smallest absolute Gasteiger partial charge is 0.215 e. The first-order chi connectivity index (χ1) is 14.4. The molecule has 0 spiro atoms. The zero-order chi connectivity index (χ0) is 21.1. The number of hydrogen-bond donors (Lipinski definition) is 1. The maximum Gasteiger partial charge on any atom is 0.215 e. The van der Waals surface area contributed by atoms with E-state index in [4.69, 9.17) is 5.10 Å². The molecule has 0 unspecified atom stereocenters. The number of pyridine rings is 1. The zero-order valence-corrected chi connectivity index (χ0v) is 17.1. The quantitative estimate of drug-likeness (QED) is 0.622. The minimum Gasteiger partial charge on any atom is -0.267 e. The summed E-state index contributed by atoms with van der Waals surface area (Å²) in [6, 6.07) is 8.44. The fourth-order valence-electron chi connectivity index (χ4n) is 3.84. The Morgan fingerprint density at radius 1 is 1.07 bits per heavy atom. The highest BCUT2D eigenvalue weighted by atomic mass is 32.2. The summed E-state index contributed by atoms with van der Waals surface area (Å²) in [6.45, 7) is 0.502. The Morgan fingerprint density at radius 2 is 1.83 bits per heavy atom. The summed E-state index contributed by atoms with van der Waals surface area (Å²) in [5.74, 6) is -2.09. The van der Waals surface area contributed by atoms with Gasteiger partial charge in [0.25, 0.3) is 0 Å². The van der Waals surface area contributed by atoms with Crippen LogP contribution in [0, 0.1) is 11.6 Å². The maximum atomic E-state index is 13.3. The summed E-state index contributed by atoms with van der Waals surface area (Å²) >= 11 is 0. The van der Waals surface area contributed by atoms with Gasteiger partial charge in [-0.1, -0.05) is 6.07 Å². The lowest BCUT2D eigenvalue weighted by molar-refractivity contribution is 0.538. The second kappa shape index (κ2) is 8.61. The molecule has 3 aromatic rings. The van der Waals surface area contributed by atoms with Crippen molar-refractivity contribution in [2.24, 2.45) is 0 Å². The predicted molar refractivity (Wildman–Crippen MR) is 109 cm³/mol. The van der Waals surface area contributed by atoms with E-state index in [9.17, 15) is 17.2 Å². The SMILES string of the molecule is O=S(=O)(Cc1cc(F)cc(F)c1)NCCn1nc(-c2ccccn2)c2c1CCCC2. The van der Waals surface area contributed by atoms with Crippen molar-refractivity contribution in [1.82, 2.24) is 19.5 Å². The van der Waals surface area contributed by atoms with Gasteiger partial charge in [-0.3, -0.25) is 9.67 Å². The van der Waals surface area contributed by atoms with Gasteiger partial charge in [-0.25, -0.2) is 21.9 Å². The van der Waals surface area contributed by atoms with E-state index in [-0.39, 0.29) is 12.1 Å². The van der Waals surface area contributed by atoms with Crippen LogP contribution in [0.4, 0.5) is 8.78 Å². The number of rotatable bonds is 7. The molecule has 9 heteroatoms. The fraction of sp³-hybridized carbons (Fsp3) is 0.333. The second-order valence-corrected chi connectivity index (χ2v) is 9.16. The molecule has 0 atom stereocenters. The van der Waals surface area contributed by atoms with E-state index in [1.54, 1.807) is 6.20 Å². The summed E-state index contributed by atoms with van der Waals surface area (Å²) in [5, 5.41) is 4.71. The van der Waals surface area contributed by atoms with Gasteiger partial charge in [-0.05, 0) is 55.5 Å².